The van der Waals surface area contributed by atoms with Gasteiger partial charge in [0.2, 0.25) is 0 Å². The Morgan fingerprint density at radius 1 is 1.45 bits per heavy atom. The number of nitrogen functional groups attached to an aromatic ring is 1. The fourth-order valence-corrected chi connectivity index (χ4v) is 2.65. The minimum absolute atomic E-state index is 0.114. The van der Waals surface area contributed by atoms with Crippen molar-refractivity contribution in [2.45, 2.75) is 20.0 Å². The highest BCUT2D eigenvalue weighted by atomic mass is 32.1. The lowest BCUT2D eigenvalue weighted by atomic mass is 10.1. The molecule has 2 rings (SSSR count). The summed E-state index contributed by atoms with van der Waals surface area (Å²) in [7, 11) is 1.96. The maximum atomic E-state index is 13.2. The van der Waals surface area contributed by atoms with Gasteiger partial charge in [0.25, 0.3) is 0 Å². The van der Waals surface area contributed by atoms with E-state index in [1.165, 1.54) is 12.1 Å². The Labute approximate surface area is 121 Å². The number of aryl methyl sites for hydroxylation is 1. The maximum absolute atomic E-state index is 13.2. The molecule has 0 unspecified atom stereocenters. The Balaban J connectivity index is 2.11. The molecule has 0 aliphatic carbocycles. The summed E-state index contributed by atoms with van der Waals surface area (Å²) in [5.74, 6) is -0.492. The van der Waals surface area contributed by atoms with Crippen molar-refractivity contribution in [3.8, 4) is 0 Å². The lowest BCUT2D eigenvalue weighted by molar-refractivity contribution is 0.315. The van der Waals surface area contributed by atoms with Gasteiger partial charge in [0, 0.05) is 24.0 Å². The van der Waals surface area contributed by atoms with Gasteiger partial charge in [-0.3, -0.25) is 10.3 Å². The molecule has 4 nitrogen and oxygen atoms in total. The van der Waals surface area contributed by atoms with Gasteiger partial charge in [0.1, 0.15) is 11.7 Å². The predicted molar refractivity (Wildman–Crippen MR) is 79.4 cm³/mol. The third kappa shape index (κ3) is 3.61. The highest BCUT2D eigenvalue weighted by Gasteiger charge is 2.10. The first kappa shape index (κ1) is 14.6. The SMILES string of the molecule is Cc1nc(CN(C)Cc2ccc(F)cc2C(=N)N)cs1. The first-order chi connectivity index (χ1) is 9.45. The van der Waals surface area contributed by atoms with Crippen LogP contribution in [0, 0.1) is 18.2 Å². The first-order valence-electron chi connectivity index (χ1n) is 6.18. The van der Waals surface area contributed by atoms with E-state index in [0.29, 0.717) is 18.7 Å². The van der Waals surface area contributed by atoms with Crippen LogP contribution in [-0.2, 0) is 13.1 Å². The van der Waals surface area contributed by atoms with Crippen molar-refractivity contribution in [1.82, 2.24) is 9.88 Å². The Morgan fingerprint density at radius 3 is 2.80 bits per heavy atom. The molecule has 0 saturated carbocycles. The molecule has 0 atom stereocenters. The zero-order chi connectivity index (χ0) is 14.7. The Morgan fingerprint density at radius 2 is 2.20 bits per heavy atom. The molecular weight excluding hydrogens is 275 g/mol. The standard InChI is InChI=1S/C14H17FN4S/c1-9-18-12(8-20-9)7-19(2)6-10-3-4-11(15)5-13(10)14(16)17/h3-5,8H,6-7H2,1-2H3,(H3,16,17). The summed E-state index contributed by atoms with van der Waals surface area (Å²) in [6.07, 6.45) is 0. The fraction of sp³-hybridized carbons (Fsp3) is 0.286. The second-order valence-electron chi connectivity index (χ2n) is 4.75. The van der Waals surface area contributed by atoms with Crippen molar-refractivity contribution in [2.24, 2.45) is 5.73 Å². The van der Waals surface area contributed by atoms with Gasteiger partial charge in [-0.2, -0.15) is 0 Å². The third-order valence-corrected chi connectivity index (χ3v) is 3.72. The summed E-state index contributed by atoms with van der Waals surface area (Å²) in [6.45, 7) is 3.27. The van der Waals surface area contributed by atoms with E-state index < -0.39 is 0 Å². The zero-order valence-electron chi connectivity index (χ0n) is 11.5. The van der Waals surface area contributed by atoms with Gasteiger partial charge in [0.05, 0.1) is 10.7 Å². The predicted octanol–water partition coefficient (Wildman–Crippen LogP) is 2.51. The van der Waals surface area contributed by atoms with Crippen LogP contribution >= 0.6 is 11.3 Å². The Bertz CT molecular complexity index is 623. The largest absolute Gasteiger partial charge is 0.384 e. The van der Waals surface area contributed by atoms with E-state index in [-0.39, 0.29) is 11.7 Å². The molecule has 0 amide bonds. The molecule has 6 heteroatoms. The highest BCUT2D eigenvalue weighted by Crippen LogP contribution is 2.15. The van der Waals surface area contributed by atoms with Gasteiger partial charge in [-0.05, 0) is 31.7 Å². The van der Waals surface area contributed by atoms with Crippen molar-refractivity contribution in [2.75, 3.05) is 7.05 Å². The summed E-state index contributed by atoms with van der Waals surface area (Å²) in [5, 5.41) is 10.6. The summed E-state index contributed by atoms with van der Waals surface area (Å²) in [5.41, 5.74) is 7.81. The molecule has 1 aromatic heterocycles. The molecular formula is C14H17FN4S. The van der Waals surface area contributed by atoms with Gasteiger partial charge in [-0.1, -0.05) is 6.07 Å². The van der Waals surface area contributed by atoms with E-state index >= 15 is 0 Å². The normalized spacial score (nSPS) is 11.0. The number of nitrogens with two attached hydrogens (primary N) is 1. The minimum Gasteiger partial charge on any atom is -0.384 e. The summed E-state index contributed by atoms with van der Waals surface area (Å²) < 4.78 is 13.2. The molecule has 1 heterocycles. The second-order valence-corrected chi connectivity index (χ2v) is 5.81. The van der Waals surface area contributed by atoms with Gasteiger partial charge in [-0.15, -0.1) is 11.3 Å². The topological polar surface area (TPSA) is 66.0 Å². The van der Waals surface area contributed by atoms with Crippen molar-refractivity contribution >= 4 is 17.2 Å². The molecule has 1 aromatic carbocycles. The number of amidine groups is 1. The van der Waals surface area contributed by atoms with E-state index in [1.54, 1.807) is 17.4 Å². The van der Waals surface area contributed by atoms with E-state index in [4.69, 9.17) is 11.1 Å². The van der Waals surface area contributed by atoms with E-state index in [2.05, 4.69) is 9.88 Å². The number of rotatable bonds is 5. The van der Waals surface area contributed by atoms with Crippen LogP contribution in [0.4, 0.5) is 4.39 Å². The molecule has 0 saturated heterocycles. The number of aromatic nitrogens is 1. The monoisotopic (exact) mass is 292 g/mol. The van der Waals surface area contributed by atoms with Crippen LogP contribution in [0.2, 0.25) is 0 Å². The minimum atomic E-state index is -0.378. The van der Waals surface area contributed by atoms with Crippen LogP contribution in [-0.4, -0.2) is 22.8 Å². The van der Waals surface area contributed by atoms with Crippen molar-refractivity contribution in [1.29, 1.82) is 5.41 Å². The van der Waals surface area contributed by atoms with E-state index in [1.807, 2.05) is 19.4 Å². The van der Waals surface area contributed by atoms with E-state index in [9.17, 15) is 4.39 Å². The molecule has 3 N–H and O–H groups in total. The number of nitrogens with zero attached hydrogens (tertiary/aromatic N) is 2. The lowest BCUT2D eigenvalue weighted by Gasteiger charge is -2.17. The van der Waals surface area contributed by atoms with Gasteiger partial charge in [0.15, 0.2) is 0 Å². The molecule has 0 radical (unpaired) electrons. The Hall–Kier alpha value is -1.79. The fourth-order valence-electron chi connectivity index (χ4n) is 2.04. The number of hydrogen-bond acceptors (Lipinski definition) is 4. The summed E-state index contributed by atoms with van der Waals surface area (Å²) >= 11 is 1.62. The Kier molecular flexibility index (Phi) is 4.46. The quantitative estimate of drug-likeness (QED) is 0.657. The van der Waals surface area contributed by atoms with Crippen LogP contribution in [0.5, 0.6) is 0 Å². The van der Waals surface area contributed by atoms with Gasteiger partial charge >= 0.3 is 0 Å². The third-order valence-electron chi connectivity index (χ3n) is 2.90. The average Bonchev–Trinajstić information content (AvgIpc) is 2.76. The molecule has 0 aliphatic heterocycles. The van der Waals surface area contributed by atoms with Crippen LogP contribution in [0.15, 0.2) is 23.6 Å². The smallest absolute Gasteiger partial charge is 0.123 e. The zero-order valence-corrected chi connectivity index (χ0v) is 12.3. The molecule has 20 heavy (non-hydrogen) atoms. The van der Waals surface area contributed by atoms with Crippen LogP contribution in [0.3, 0.4) is 0 Å². The molecule has 106 valence electrons. The van der Waals surface area contributed by atoms with Crippen molar-refractivity contribution in [3.05, 3.63) is 51.2 Å². The molecule has 0 bridgehead atoms. The highest BCUT2D eigenvalue weighted by molar-refractivity contribution is 7.09. The number of halogens is 1. The first-order valence-corrected chi connectivity index (χ1v) is 7.06. The van der Waals surface area contributed by atoms with Gasteiger partial charge < -0.3 is 5.73 Å². The van der Waals surface area contributed by atoms with Gasteiger partial charge in [-0.25, -0.2) is 9.37 Å². The average molecular weight is 292 g/mol. The number of thiazole rings is 1. The molecule has 0 spiro atoms. The van der Waals surface area contributed by atoms with Crippen LogP contribution < -0.4 is 5.73 Å². The van der Waals surface area contributed by atoms with Crippen LogP contribution in [0.1, 0.15) is 21.8 Å². The molecule has 2 aromatic rings. The van der Waals surface area contributed by atoms with E-state index in [0.717, 1.165) is 16.3 Å². The molecule has 0 fully saturated rings. The lowest BCUT2D eigenvalue weighted by Crippen LogP contribution is -2.21. The number of nitrogens with one attached hydrogen (secondary N) is 1. The maximum Gasteiger partial charge on any atom is 0.123 e. The number of benzene rings is 1. The second kappa shape index (κ2) is 6.11. The number of hydrogen-bond donors (Lipinski definition) is 2. The summed E-state index contributed by atoms with van der Waals surface area (Å²) in [4.78, 5) is 6.48. The summed E-state index contributed by atoms with van der Waals surface area (Å²) in [6, 6.07) is 4.37. The van der Waals surface area contributed by atoms with Crippen molar-refractivity contribution in [3.63, 3.8) is 0 Å². The molecule has 0 aliphatic rings. The van der Waals surface area contributed by atoms with Crippen molar-refractivity contribution < 1.29 is 4.39 Å². The van der Waals surface area contributed by atoms with Crippen LogP contribution in [0.25, 0.3) is 0 Å².